The number of carbonyl (C=O) groups excluding carboxylic acids is 1. The van der Waals surface area contributed by atoms with Crippen LogP contribution < -0.4 is 4.50 Å². The fourth-order valence-corrected chi connectivity index (χ4v) is 20.7. The van der Waals surface area contributed by atoms with Crippen LogP contribution >= 0.6 is 11.3 Å². The summed E-state index contributed by atoms with van der Waals surface area (Å²) < 4.78 is 3.00. The molecule has 0 aliphatic rings. The van der Waals surface area contributed by atoms with Crippen molar-refractivity contribution in [1.82, 2.24) is 4.98 Å². The summed E-state index contributed by atoms with van der Waals surface area (Å²) in [6.45, 7) is 22.5. The van der Waals surface area contributed by atoms with E-state index in [1.54, 1.807) is 4.50 Å². The van der Waals surface area contributed by atoms with Gasteiger partial charge in [0.05, 0.1) is 5.76 Å². The van der Waals surface area contributed by atoms with Crippen LogP contribution in [-0.2, 0) is 30.3 Å². The van der Waals surface area contributed by atoms with Crippen molar-refractivity contribution in [3.63, 3.8) is 0 Å². The third kappa shape index (κ3) is 11.2. The van der Waals surface area contributed by atoms with Crippen LogP contribution in [0.5, 0.6) is 0 Å². The minimum absolute atomic E-state index is 0. The Labute approximate surface area is 319 Å². The second-order valence-corrected chi connectivity index (χ2v) is 34.4. The van der Waals surface area contributed by atoms with Gasteiger partial charge in [-0.2, -0.15) is 0 Å². The van der Waals surface area contributed by atoms with Crippen molar-refractivity contribution in [2.75, 3.05) is 0 Å². The van der Waals surface area contributed by atoms with E-state index >= 15 is 0 Å². The second kappa shape index (κ2) is 18.3. The number of fused-ring (bicyclic) bond motifs is 2. The summed E-state index contributed by atoms with van der Waals surface area (Å²) in [4.78, 5) is 16.6. The summed E-state index contributed by atoms with van der Waals surface area (Å²) in [6.07, 6.45) is 6.91. The van der Waals surface area contributed by atoms with Crippen molar-refractivity contribution in [2.24, 2.45) is 11.8 Å². The molecule has 0 aliphatic heterocycles. The first-order chi connectivity index (χ1) is 22.4. The summed E-state index contributed by atoms with van der Waals surface area (Å²) in [5.41, 5.74) is 5.14. The van der Waals surface area contributed by atoms with E-state index in [-0.39, 0.29) is 48.9 Å². The number of aliphatic hydroxyl groups is 1. The van der Waals surface area contributed by atoms with Gasteiger partial charge in [0.25, 0.3) is 0 Å². The first kappa shape index (κ1) is 43.6. The van der Waals surface area contributed by atoms with Crippen molar-refractivity contribution in [3.8, 4) is 11.3 Å². The molecule has 0 unspecified atom stereocenters. The minimum atomic E-state index is -1.55. The maximum atomic E-state index is 11.7. The smallest absolute Gasteiger partial charge is 0 e. The van der Waals surface area contributed by atoms with Crippen LogP contribution in [0.1, 0.15) is 85.3 Å². The normalized spacial score (nSPS) is 12.8. The molecule has 0 saturated heterocycles. The Morgan fingerprint density at radius 2 is 1.57 bits per heavy atom. The molecule has 271 valence electrons. The molecule has 0 bridgehead atoms. The number of hydrogen-bond acceptors (Lipinski definition) is 4. The van der Waals surface area contributed by atoms with E-state index in [0.717, 1.165) is 36.9 Å². The van der Waals surface area contributed by atoms with Crippen LogP contribution in [0.4, 0.5) is 0 Å². The number of thiophene rings is 1. The van der Waals surface area contributed by atoms with E-state index in [0.29, 0.717) is 0 Å². The molecule has 0 fully saturated rings. The number of allylic oxidation sites excluding steroid dienone is 2. The molecule has 0 amide bonds. The number of benzene rings is 2. The molecule has 49 heavy (non-hydrogen) atoms. The Bertz CT molecular complexity index is 1720. The molecule has 0 saturated carbocycles. The number of nitrogens with zero attached hydrogens (tertiary/aromatic N) is 1. The molecule has 4 aromatic rings. The predicted molar refractivity (Wildman–Crippen MR) is 219 cm³/mol. The van der Waals surface area contributed by atoms with E-state index in [1.165, 1.54) is 49.4 Å². The van der Waals surface area contributed by atoms with Crippen molar-refractivity contribution in [3.05, 3.63) is 71.6 Å². The molecule has 2 aromatic heterocycles. The quantitative estimate of drug-likeness (QED) is 0.0666. The Hall–Kier alpha value is -1.57. The average Bonchev–Trinajstić information content (AvgIpc) is 3.37. The molecule has 0 aliphatic carbocycles. The fraction of sp³-hybridized carbons (Fsp3) is 0.524. The van der Waals surface area contributed by atoms with Crippen LogP contribution in [0.2, 0.25) is 41.7 Å². The Kier molecular flexibility index (Phi) is 16.2. The molecule has 1 radical (unpaired) electrons. The largest absolute Gasteiger partial charge is 0 e. The summed E-state index contributed by atoms with van der Waals surface area (Å²) >= 11 is 0.474. The van der Waals surface area contributed by atoms with Crippen LogP contribution in [0.15, 0.2) is 54.4 Å². The molecule has 1 N–H and O–H groups in total. The third-order valence-electron chi connectivity index (χ3n) is 9.89. The van der Waals surface area contributed by atoms with Crippen molar-refractivity contribution < 1.29 is 30.0 Å². The van der Waals surface area contributed by atoms with Crippen LogP contribution in [-0.4, -0.2) is 37.2 Å². The van der Waals surface area contributed by atoms with Crippen molar-refractivity contribution in [2.45, 2.75) is 128 Å². The number of aromatic nitrogens is 1. The summed E-state index contributed by atoms with van der Waals surface area (Å²) in [6, 6.07) is 18.4. The number of aliphatic hydroxyl groups excluding tert-OH is 1. The second-order valence-electron chi connectivity index (χ2n) is 16.4. The predicted octanol–water partition coefficient (Wildman–Crippen LogP) is 12.6. The SMILES string of the molecule is CCC(CC)C(=O)/C=C(\O)C(CC)CC.Cc1c([Si](C)(C)C[CH2][Ge]([CH3])([CH3])[CH3])sc2c(-c3[c-]c4ccccc4c(C(C)(C)C)c3)nccc12.[Ir]. The average molecular weight is 938 g/mol. The van der Waals surface area contributed by atoms with Crippen molar-refractivity contribution >= 4 is 63.8 Å². The van der Waals surface area contributed by atoms with Gasteiger partial charge in [0, 0.05) is 38.0 Å². The molecule has 3 nitrogen and oxygen atoms in total. The molecular formula is C42H62GeIrNO2SSi-. The Morgan fingerprint density at radius 1 is 0.980 bits per heavy atom. The molecule has 2 heterocycles. The molecule has 0 spiro atoms. The Morgan fingerprint density at radius 3 is 2.12 bits per heavy atom. The fourth-order valence-electron chi connectivity index (χ4n) is 6.54. The van der Waals surface area contributed by atoms with Gasteiger partial charge in [-0.05, 0) is 25.7 Å². The molecule has 0 atom stereocenters. The number of ketones is 1. The standard InChI is InChI=1S/C29H38GeNSSi.C13H24O2.Ir/c1-20-23-14-16-31-26(27(23)32-28(20)33(8,9)17-15-30(5,6)7)22-18-21-12-10-11-13-24(21)25(19-22)29(2,3)4;1-5-10(6-2)12(14)9-13(15)11(7-3)8-4;/h10-14,16,19H,15,17H2,1-9H3;9-11,14H,5-8H2,1-4H3;/q-1;;/b;12-9-;. The zero-order valence-electron chi connectivity index (χ0n) is 32.6. The van der Waals surface area contributed by atoms with Gasteiger partial charge in [-0.25, -0.2) is 0 Å². The zero-order chi connectivity index (χ0) is 36.0. The van der Waals surface area contributed by atoms with Gasteiger partial charge < -0.3 is 5.11 Å². The third-order valence-corrected chi connectivity index (χ3v) is 20.8. The first-order valence-electron chi connectivity index (χ1n) is 18.2. The van der Waals surface area contributed by atoms with Gasteiger partial charge >= 0.3 is 203 Å². The van der Waals surface area contributed by atoms with Gasteiger partial charge in [0.15, 0.2) is 5.78 Å². The maximum absolute atomic E-state index is 11.7. The van der Waals surface area contributed by atoms with E-state index in [1.807, 2.05) is 45.2 Å². The van der Waals surface area contributed by atoms with Gasteiger partial charge in [-0.15, -0.1) is 0 Å². The zero-order valence-corrected chi connectivity index (χ0v) is 38.9. The van der Waals surface area contributed by atoms with Crippen molar-refractivity contribution in [1.29, 1.82) is 0 Å². The van der Waals surface area contributed by atoms with Gasteiger partial charge in [0.1, 0.15) is 0 Å². The van der Waals surface area contributed by atoms with E-state index in [9.17, 15) is 9.90 Å². The summed E-state index contributed by atoms with van der Waals surface area (Å²) in [7, 11) is -1.50. The number of carbonyl (C=O) groups is 1. The van der Waals surface area contributed by atoms with Gasteiger partial charge in [-0.1, -0.05) is 33.8 Å². The van der Waals surface area contributed by atoms with Crippen LogP contribution in [0.25, 0.3) is 32.1 Å². The van der Waals surface area contributed by atoms with Gasteiger partial charge in [0.2, 0.25) is 0 Å². The molecular weight excluding hydrogens is 875 g/mol. The maximum Gasteiger partial charge on any atom is 0 e. The number of pyridine rings is 1. The van der Waals surface area contributed by atoms with Crippen LogP contribution in [0, 0.1) is 24.8 Å². The molecule has 2 aromatic carbocycles. The minimum Gasteiger partial charge on any atom is 0 e. The van der Waals surface area contributed by atoms with E-state index < -0.39 is 21.3 Å². The summed E-state index contributed by atoms with van der Waals surface area (Å²) in [5.74, 6) is 8.19. The monoisotopic (exact) mass is 939 g/mol. The first-order valence-corrected chi connectivity index (χ1v) is 30.0. The number of aryl methyl sites for hydroxylation is 1. The topological polar surface area (TPSA) is 50.2 Å². The number of rotatable bonds is 12. The van der Waals surface area contributed by atoms with E-state index in [2.05, 4.69) is 101 Å². The van der Waals surface area contributed by atoms with Gasteiger partial charge in [-0.3, -0.25) is 4.79 Å². The summed E-state index contributed by atoms with van der Waals surface area (Å²) in [5, 5.41) is 15.1. The van der Waals surface area contributed by atoms with E-state index in [4.69, 9.17) is 4.98 Å². The number of hydrogen-bond donors (Lipinski definition) is 1. The molecule has 4 rings (SSSR count). The molecule has 7 heteroatoms. The Balaban J connectivity index is 0.000000444. The van der Waals surface area contributed by atoms with Crippen LogP contribution in [0.3, 0.4) is 0 Å².